The number of anilines is 2. The van der Waals surface area contributed by atoms with Gasteiger partial charge in [0.1, 0.15) is 17.3 Å². The summed E-state index contributed by atoms with van der Waals surface area (Å²) < 4.78 is 19.9. The lowest BCUT2D eigenvalue weighted by Crippen LogP contribution is -2.24. The van der Waals surface area contributed by atoms with Crippen LogP contribution in [0.15, 0.2) is 42.5 Å². The third kappa shape index (κ3) is 4.79. The van der Waals surface area contributed by atoms with Crippen LogP contribution in [0, 0.1) is 5.82 Å². The number of carbonyl (C=O) groups excluding carboxylic acids is 1. The highest BCUT2D eigenvalue weighted by molar-refractivity contribution is 5.95. The molecule has 1 N–H and O–H groups in total. The van der Waals surface area contributed by atoms with E-state index in [1.54, 1.807) is 6.07 Å². The van der Waals surface area contributed by atoms with Gasteiger partial charge in [0, 0.05) is 13.1 Å². The minimum absolute atomic E-state index is 0.0622. The molecule has 1 fully saturated rings. The van der Waals surface area contributed by atoms with Gasteiger partial charge in [0.05, 0.1) is 5.69 Å². The van der Waals surface area contributed by atoms with Crippen LogP contribution in [0.2, 0.25) is 0 Å². The number of para-hydroxylation sites is 1. The van der Waals surface area contributed by atoms with Gasteiger partial charge in [-0.1, -0.05) is 39.0 Å². The third-order valence-corrected chi connectivity index (χ3v) is 4.79. The van der Waals surface area contributed by atoms with Crippen LogP contribution < -0.4 is 15.0 Å². The lowest BCUT2D eigenvalue weighted by Gasteiger charge is -2.22. The Morgan fingerprint density at radius 1 is 1.11 bits per heavy atom. The number of hydrogen-bond donors (Lipinski definition) is 1. The van der Waals surface area contributed by atoms with Crippen LogP contribution in [0.4, 0.5) is 15.8 Å². The van der Waals surface area contributed by atoms with Crippen molar-refractivity contribution in [1.82, 2.24) is 0 Å². The van der Waals surface area contributed by atoms with Crippen LogP contribution in [-0.2, 0) is 10.2 Å². The molecular weight excluding hydrogens is 343 g/mol. The van der Waals surface area contributed by atoms with Gasteiger partial charge in [0.15, 0.2) is 6.61 Å². The van der Waals surface area contributed by atoms with E-state index in [1.807, 2.05) is 30.3 Å². The molecule has 5 heteroatoms. The molecule has 1 aliphatic rings. The number of nitrogens with one attached hydrogen (secondary N) is 1. The molecule has 1 aliphatic heterocycles. The summed E-state index contributed by atoms with van der Waals surface area (Å²) in [4.78, 5) is 14.4. The fraction of sp³-hybridized carbons (Fsp3) is 0.409. The smallest absolute Gasteiger partial charge is 0.262 e. The molecule has 1 amide bonds. The average molecular weight is 370 g/mol. The second-order valence-corrected chi connectivity index (χ2v) is 7.94. The zero-order valence-electron chi connectivity index (χ0n) is 16.2. The van der Waals surface area contributed by atoms with Crippen molar-refractivity contribution < 1.29 is 13.9 Å². The molecule has 3 rings (SSSR count). The summed E-state index contributed by atoms with van der Waals surface area (Å²) in [6, 6.07) is 12.6. The standard InChI is InChI=1S/C22H27FN2O2/c1-22(2,3)16-9-11-17(12-10-16)27-15-20(26)24-21-18(23)7-6-8-19(21)25-13-4-5-14-25/h6-12H,4-5,13-15H2,1-3H3,(H,24,26). The molecule has 0 radical (unpaired) electrons. The number of ether oxygens (including phenoxy) is 1. The minimum atomic E-state index is -0.428. The Kier molecular flexibility index (Phi) is 5.68. The number of nitrogens with zero attached hydrogens (tertiary/aromatic N) is 1. The Morgan fingerprint density at radius 2 is 1.78 bits per heavy atom. The lowest BCUT2D eigenvalue weighted by molar-refractivity contribution is -0.118. The molecule has 144 valence electrons. The van der Waals surface area contributed by atoms with Crippen molar-refractivity contribution in [2.24, 2.45) is 0 Å². The van der Waals surface area contributed by atoms with Gasteiger partial charge in [0.2, 0.25) is 0 Å². The van der Waals surface area contributed by atoms with Crippen molar-refractivity contribution >= 4 is 17.3 Å². The van der Waals surface area contributed by atoms with E-state index in [4.69, 9.17) is 4.74 Å². The largest absolute Gasteiger partial charge is 0.484 e. The van der Waals surface area contributed by atoms with Gasteiger partial charge in [-0.3, -0.25) is 4.79 Å². The van der Waals surface area contributed by atoms with Gasteiger partial charge in [0.25, 0.3) is 5.91 Å². The molecular formula is C22H27FN2O2. The maximum Gasteiger partial charge on any atom is 0.262 e. The summed E-state index contributed by atoms with van der Waals surface area (Å²) in [5.41, 5.74) is 2.22. The summed E-state index contributed by atoms with van der Waals surface area (Å²) in [6.45, 7) is 8.02. The second kappa shape index (κ2) is 7.99. The van der Waals surface area contributed by atoms with Crippen molar-refractivity contribution in [3.8, 4) is 5.75 Å². The quantitative estimate of drug-likeness (QED) is 0.826. The highest BCUT2D eigenvalue weighted by Crippen LogP contribution is 2.31. The third-order valence-electron chi connectivity index (χ3n) is 4.79. The molecule has 0 aliphatic carbocycles. The van der Waals surface area contributed by atoms with Crippen LogP contribution in [-0.4, -0.2) is 25.6 Å². The molecule has 2 aromatic rings. The second-order valence-electron chi connectivity index (χ2n) is 7.94. The van der Waals surface area contributed by atoms with E-state index in [0.717, 1.165) is 31.6 Å². The molecule has 0 saturated carbocycles. The van der Waals surface area contributed by atoms with Gasteiger partial charge in [-0.15, -0.1) is 0 Å². The molecule has 0 atom stereocenters. The van der Waals surface area contributed by atoms with Crippen molar-refractivity contribution in [2.75, 3.05) is 29.9 Å². The Hall–Kier alpha value is -2.56. The number of halogens is 1. The van der Waals surface area contributed by atoms with Crippen LogP contribution >= 0.6 is 0 Å². The number of carbonyl (C=O) groups is 1. The SMILES string of the molecule is CC(C)(C)c1ccc(OCC(=O)Nc2c(F)cccc2N2CCCC2)cc1. The van der Waals surface area contributed by atoms with E-state index < -0.39 is 5.82 Å². The Morgan fingerprint density at radius 3 is 2.41 bits per heavy atom. The fourth-order valence-electron chi connectivity index (χ4n) is 3.23. The van der Waals surface area contributed by atoms with Gasteiger partial charge in [-0.2, -0.15) is 0 Å². The first-order chi connectivity index (χ1) is 12.8. The van der Waals surface area contributed by atoms with Gasteiger partial charge < -0.3 is 15.0 Å². The Balaban J connectivity index is 1.63. The zero-order chi connectivity index (χ0) is 19.4. The number of amides is 1. The van der Waals surface area contributed by atoms with Gasteiger partial charge in [-0.25, -0.2) is 4.39 Å². The highest BCUT2D eigenvalue weighted by Gasteiger charge is 2.20. The van der Waals surface area contributed by atoms with Crippen LogP contribution in [0.25, 0.3) is 0 Å². The summed E-state index contributed by atoms with van der Waals surface area (Å²) in [5.74, 6) is -0.186. The molecule has 0 spiro atoms. The van der Waals surface area contributed by atoms with E-state index in [1.165, 1.54) is 11.6 Å². The molecule has 2 aromatic carbocycles. The lowest BCUT2D eigenvalue weighted by atomic mass is 9.87. The van der Waals surface area contributed by atoms with E-state index in [9.17, 15) is 9.18 Å². The summed E-state index contributed by atoms with van der Waals surface area (Å²) in [5, 5.41) is 2.68. The summed E-state index contributed by atoms with van der Waals surface area (Å²) in [6.07, 6.45) is 2.16. The van der Waals surface area contributed by atoms with Crippen molar-refractivity contribution in [2.45, 2.75) is 39.0 Å². The van der Waals surface area contributed by atoms with Crippen molar-refractivity contribution in [1.29, 1.82) is 0 Å². The minimum Gasteiger partial charge on any atom is -0.484 e. The summed E-state index contributed by atoms with van der Waals surface area (Å²) in [7, 11) is 0. The normalized spacial score (nSPS) is 14.3. The maximum atomic E-state index is 14.3. The van der Waals surface area contributed by atoms with Crippen molar-refractivity contribution in [3.63, 3.8) is 0 Å². The molecule has 1 heterocycles. The van der Waals surface area contributed by atoms with Crippen LogP contribution in [0.1, 0.15) is 39.2 Å². The molecule has 0 aromatic heterocycles. The van der Waals surface area contributed by atoms with Crippen molar-refractivity contribution in [3.05, 3.63) is 53.8 Å². The van der Waals surface area contributed by atoms with E-state index >= 15 is 0 Å². The van der Waals surface area contributed by atoms with E-state index in [0.29, 0.717) is 5.75 Å². The van der Waals surface area contributed by atoms with E-state index in [2.05, 4.69) is 31.0 Å². The molecule has 1 saturated heterocycles. The zero-order valence-corrected chi connectivity index (χ0v) is 16.2. The topological polar surface area (TPSA) is 41.6 Å². The highest BCUT2D eigenvalue weighted by atomic mass is 19.1. The number of hydrogen-bond acceptors (Lipinski definition) is 3. The predicted octanol–water partition coefficient (Wildman–Crippen LogP) is 4.74. The van der Waals surface area contributed by atoms with Gasteiger partial charge >= 0.3 is 0 Å². The maximum absolute atomic E-state index is 14.3. The first-order valence-corrected chi connectivity index (χ1v) is 9.41. The predicted molar refractivity (Wildman–Crippen MR) is 107 cm³/mol. The molecule has 0 bridgehead atoms. The molecule has 27 heavy (non-hydrogen) atoms. The Labute approximate surface area is 160 Å². The summed E-state index contributed by atoms with van der Waals surface area (Å²) >= 11 is 0. The number of rotatable bonds is 5. The number of benzene rings is 2. The average Bonchev–Trinajstić information content (AvgIpc) is 3.16. The Bertz CT molecular complexity index is 791. The monoisotopic (exact) mass is 370 g/mol. The first kappa shape index (κ1) is 19.2. The molecule has 0 unspecified atom stereocenters. The molecule has 4 nitrogen and oxygen atoms in total. The fourth-order valence-corrected chi connectivity index (χ4v) is 3.23. The van der Waals surface area contributed by atoms with Gasteiger partial charge in [-0.05, 0) is 48.1 Å². The van der Waals surface area contributed by atoms with E-state index in [-0.39, 0.29) is 23.6 Å². The van der Waals surface area contributed by atoms with Crippen LogP contribution in [0.3, 0.4) is 0 Å². The first-order valence-electron chi connectivity index (χ1n) is 9.41. The van der Waals surface area contributed by atoms with Crippen LogP contribution in [0.5, 0.6) is 5.75 Å².